The van der Waals surface area contributed by atoms with Gasteiger partial charge in [-0.25, -0.2) is 10.2 Å². The molecule has 0 fully saturated rings. The Morgan fingerprint density at radius 1 is 1.26 bits per heavy atom. The summed E-state index contributed by atoms with van der Waals surface area (Å²) in [5.74, 6) is 4.52. The number of nitrogens with one attached hydrogen (secondary N) is 2. The number of nitrogens with zero attached hydrogens (tertiary/aromatic N) is 2. The van der Waals surface area contributed by atoms with Gasteiger partial charge in [0.1, 0.15) is 5.82 Å². The lowest BCUT2D eigenvalue weighted by Gasteiger charge is -2.07. The third-order valence-corrected chi connectivity index (χ3v) is 2.91. The zero-order valence-corrected chi connectivity index (χ0v) is 11.1. The summed E-state index contributed by atoms with van der Waals surface area (Å²) in [5.41, 5.74) is 2.70. The van der Waals surface area contributed by atoms with Gasteiger partial charge in [-0.1, -0.05) is 0 Å². The molecule has 2 aromatic rings. The third-order valence-electron chi connectivity index (χ3n) is 2.22. The molecule has 0 spiro atoms. The average Bonchev–Trinajstić information content (AvgIpc) is 2.43. The van der Waals surface area contributed by atoms with Gasteiger partial charge < -0.3 is 10.7 Å². The first kappa shape index (κ1) is 13.4. The Bertz CT molecular complexity index is 605. The maximum Gasteiger partial charge on any atom is 0.276 e. The van der Waals surface area contributed by atoms with Crippen LogP contribution in [0.4, 0.5) is 15.9 Å². The smallest absolute Gasteiger partial charge is 0.276 e. The predicted molar refractivity (Wildman–Crippen MR) is 71.9 cm³/mol. The third kappa shape index (κ3) is 3.24. The molecule has 0 aliphatic carbocycles. The van der Waals surface area contributed by atoms with E-state index in [1.54, 1.807) is 0 Å². The highest BCUT2D eigenvalue weighted by Gasteiger charge is 2.11. The summed E-state index contributed by atoms with van der Waals surface area (Å²) in [6.07, 6.45) is 0. The van der Waals surface area contributed by atoms with Crippen LogP contribution in [0.15, 0.2) is 34.8 Å². The molecule has 4 N–H and O–H groups in total. The number of amides is 1. The van der Waals surface area contributed by atoms with E-state index in [1.165, 1.54) is 30.3 Å². The summed E-state index contributed by atoms with van der Waals surface area (Å²) in [4.78, 5) is 11.9. The number of hydrazine groups is 1. The first-order valence-electron chi connectivity index (χ1n) is 5.17. The van der Waals surface area contributed by atoms with Crippen molar-refractivity contribution in [2.24, 2.45) is 5.84 Å². The van der Waals surface area contributed by atoms with Gasteiger partial charge in [0.15, 0.2) is 11.5 Å². The first-order valence-corrected chi connectivity index (χ1v) is 5.96. The molecule has 19 heavy (non-hydrogen) atoms. The molecule has 0 bridgehead atoms. The fourth-order valence-electron chi connectivity index (χ4n) is 1.31. The number of aromatic nitrogens is 2. The van der Waals surface area contributed by atoms with Crippen molar-refractivity contribution in [2.45, 2.75) is 0 Å². The van der Waals surface area contributed by atoms with Crippen molar-refractivity contribution in [3.05, 3.63) is 46.3 Å². The largest absolute Gasteiger partial charge is 0.319 e. The molecule has 0 saturated heterocycles. The first-order chi connectivity index (χ1) is 9.10. The summed E-state index contributed by atoms with van der Waals surface area (Å²) in [6, 6.07) is 6.93. The molecule has 6 nitrogen and oxygen atoms in total. The molecule has 1 aromatic carbocycles. The molecular formula is C11H9BrFN5O. The monoisotopic (exact) mass is 325 g/mol. The normalized spacial score (nSPS) is 10.1. The molecular weight excluding hydrogens is 317 g/mol. The van der Waals surface area contributed by atoms with Crippen LogP contribution in [0.1, 0.15) is 10.5 Å². The van der Waals surface area contributed by atoms with E-state index in [0.29, 0.717) is 16.0 Å². The van der Waals surface area contributed by atoms with Crippen LogP contribution in [-0.4, -0.2) is 16.1 Å². The number of nitrogens with two attached hydrogens (primary N) is 1. The van der Waals surface area contributed by atoms with Gasteiger partial charge in [-0.2, -0.15) is 0 Å². The lowest BCUT2D eigenvalue weighted by atomic mass is 10.3. The van der Waals surface area contributed by atoms with E-state index in [1.807, 2.05) is 0 Å². The van der Waals surface area contributed by atoms with Crippen molar-refractivity contribution in [1.29, 1.82) is 0 Å². The van der Waals surface area contributed by atoms with Crippen LogP contribution in [0.2, 0.25) is 0 Å². The number of benzene rings is 1. The van der Waals surface area contributed by atoms with Crippen LogP contribution in [-0.2, 0) is 0 Å². The van der Waals surface area contributed by atoms with Crippen LogP contribution in [0.5, 0.6) is 0 Å². The number of carbonyl (C=O) groups excluding carboxylic acids is 1. The minimum atomic E-state index is -0.498. The highest BCUT2D eigenvalue weighted by atomic mass is 79.9. The van der Waals surface area contributed by atoms with E-state index in [-0.39, 0.29) is 5.69 Å². The number of halogens is 2. The van der Waals surface area contributed by atoms with Crippen molar-refractivity contribution in [1.82, 2.24) is 10.2 Å². The highest BCUT2D eigenvalue weighted by molar-refractivity contribution is 9.10. The summed E-state index contributed by atoms with van der Waals surface area (Å²) in [5, 5.41) is 9.88. The van der Waals surface area contributed by atoms with Crippen molar-refractivity contribution in [3.8, 4) is 0 Å². The van der Waals surface area contributed by atoms with Gasteiger partial charge in [0.05, 0.1) is 5.69 Å². The molecule has 0 aliphatic rings. The van der Waals surface area contributed by atoms with Gasteiger partial charge in [0, 0.05) is 4.47 Å². The van der Waals surface area contributed by atoms with E-state index in [4.69, 9.17) is 5.84 Å². The molecule has 8 heteroatoms. The van der Waals surface area contributed by atoms with E-state index >= 15 is 0 Å². The Morgan fingerprint density at radius 3 is 2.68 bits per heavy atom. The summed E-state index contributed by atoms with van der Waals surface area (Å²) in [7, 11) is 0. The maximum absolute atomic E-state index is 13.1. The van der Waals surface area contributed by atoms with Crippen molar-refractivity contribution in [3.63, 3.8) is 0 Å². The highest BCUT2D eigenvalue weighted by Crippen LogP contribution is 2.23. The number of nitrogen functional groups attached to an aromatic ring is 1. The molecule has 1 heterocycles. The Labute approximate surface area is 116 Å². The van der Waals surface area contributed by atoms with Gasteiger partial charge in [0.25, 0.3) is 5.91 Å². The van der Waals surface area contributed by atoms with E-state index in [9.17, 15) is 9.18 Å². The van der Waals surface area contributed by atoms with Gasteiger partial charge in [0.2, 0.25) is 0 Å². The van der Waals surface area contributed by atoms with Crippen molar-refractivity contribution < 1.29 is 9.18 Å². The van der Waals surface area contributed by atoms with E-state index in [0.717, 1.165) is 0 Å². The summed E-state index contributed by atoms with van der Waals surface area (Å²) in [6.45, 7) is 0. The zero-order chi connectivity index (χ0) is 13.8. The van der Waals surface area contributed by atoms with Gasteiger partial charge in [-0.05, 0) is 46.3 Å². The quantitative estimate of drug-likeness (QED) is 0.592. The Balaban J connectivity index is 2.18. The summed E-state index contributed by atoms with van der Waals surface area (Å²) >= 11 is 3.21. The Morgan fingerprint density at radius 2 is 2.05 bits per heavy atom. The van der Waals surface area contributed by atoms with Crippen LogP contribution >= 0.6 is 15.9 Å². The molecule has 1 amide bonds. The lowest BCUT2D eigenvalue weighted by molar-refractivity contribution is 0.102. The van der Waals surface area contributed by atoms with Crippen LogP contribution < -0.4 is 16.6 Å². The fraction of sp³-hybridized carbons (Fsp3) is 0. The van der Waals surface area contributed by atoms with Crippen molar-refractivity contribution >= 4 is 33.3 Å². The van der Waals surface area contributed by atoms with E-state index in [2.05, 4.69) is 36.9 Å². The average molecular weight is 326 g/mol. The standard InChI is InChI=1S/C11H9BrFN5O/c12-7-2-1-6(13)5-9(7)15-11(19)8-3-4-10(16-14)18-17-8/h1-5H,14H2,(H,15,19)(H,16,18). The van der Waals surface area contributed by atoms with Gasteiger partial charge >= 0.3 is 0 Å². The number of rotatable bonds is 3. The van der Waals surface area contributed by atoms with Crippen molar-refractivity contribution in [2.75, 3.05) is 10.7 Å². The topological polar surface area (TPSA) is 92.9 Å². The van der Waals surface area contributed by atoms with Crippen LogP contribution in [0.3, 0.4) is 0 Å². The molecule has 2 rings (SSSR count). The number of hydrogen-bond acceptors (Lipinski definition) is 5. The fourth-order valence-corrected chi connectivity index (χ4v) is 1.66. The molecule has 98 valence electrons. The van der Waals surface area contributed by atoms with Crippen LogP contribution in [0.25, 0.3) is 0 Å². The maximum atomic E-state index is 13.1. The number of carbonyl (C=O) groups is 1. The Kier molecular flexibility index (Phi) is 4.03. The second-order valence-electron chi connectivity index (χ2n) is 3.53. The molecule has 1 aromatic heterocycles. The minimum absolute atomic E-state index is 0.0927. The lowest BCUT2D eigenvalue weighted by Crippen LogP contribution is -2.16. The number of anilines is 2. The Hall–Kier alpha value is -2.06. The summed E-state index contributed by atoms with van der Waals surface area (Å²) < 4.78 is 13.6. The molecule has 0 aliphatic heterocycles. The molecule has 0 saturated carbocycles. The second-order valence-corrected chi connectivity index (χ2v) is 4.38. The minimum Gasteiger partial charge on any atom is -0.319 e. The number of hydrogen-bond donors (Lipinski definition) is 3. The van der Waals surface area contributed by atoms with Crippen LogP contribution in [0, 0.1) is 5.82 Å². The SMILES string of the molecule is NNc1ccc(C(=O)Nc2cc(F)ccc2Br)nn1. The molecule has 0 unspecified atom stereocenters. The van der Waals surface area contributed by atoms with Gasteiger partial charge in [-0.3, -0.25) is 4.79 Å². The zero-order valence-electron chi connectivity index (χ0n) is 9.52. The predicted octanol–water partition coefficient (Wildman–Crippen LogP) is 1.92. The van der Waals surface area contributed by atoms with E-state index < -0.39 is 11.7 Å². The van der Waals surface area contributed by atoms with Gasteiger partial charge in [-0.15, -0.1) is 10.2 Å². The molecule has 0 atom stereocenters. The molecule has 0 radical (unpaired) electrons. The second kappa shape index (κ2) is 5.72.